The third-order valence-electron chi connectivity index (χ3n) is 3.77. The number of thiophene rings is 2. The van der Waals surface area contributed by atoms with Crippen LogP contribution in [0.2, 0.25) is 0 Å². The van der Waals surface area contributed by atoms with Gasteiger partial charge in [-0.3, -0.25) is 0 Å². The summed E-state index contributed by atoms with van der Waals surface area (Å²) in [6, 6.07) is 12.8. The summed E-state index contributed by atoms with van der Waals surface area (Å²) in [5.74, 6) is 6.37. The molecule has 0 spiro atoms. The lowest BCUT2D eigenvalue weighted by atomic mass is 10.1. The van der Waals surface area contributed by atoms with Crippen molar-refractivity contribution < 1.29 is 8.42 Å². The molecular weight excluding hydrogens is 394 g/mol. The van der Waals surface area contributed by atoms with Crippen molar-refractivity contribution in [2.24, 2.45) is 0 Å². The van der Waals surface area contributed by atoms with Crippen molar-refractivity contribution in [3.8, 4) is 11.8 Å². The summed E-state index contributed by atoms with van der Waals surface area (Å²) < 4.78 is 27.3. The second kappa shape index (κ2) is 9.16. The van der Waals surface area contributed by atoms with Gasteiger partial charge >= 0.3 is 0 Å². The number of sulfonamides is 1. The van der Waals surface area contributed by atoms with Crippen molar-refractivity contribution in [3.05, 3.63) is 80.7 Å². The zero-order valence-corrected chi connectivity index (χ0v) is 17.3. The molecule has 2 heterocycles. The molecule has 3 nitrogen and oxygen atoms in total. The molecule has 0 radical (unpaired) electrons. The van der Waals surface area contributed by atoms with Crippen LogP contribution in [0.5, 0.6) is 0 Å². The van der Waals surface area contributed by atoms with Gasteiger partial charge in [0.2, 0.25) is 10.0 Å². The maximum atomic E-state index is 12.3. The third kappa shape index (κ3) is 5.65. The van der Waals surface area contributed by atoms with Crippen molar-refractivity contribution in [3.63, 3.8) is 0 Å². The SMILES string of the molecule is Cc1ccc(S(=O)(=O)NCC/C=C(\C#Cc2ccsc2)c2cccs2)cc1. The quantitative estimate of drug-likeness (QED) is 0.460. The summed E-state index contributed by atoms with van der Waals surface area (Å²) in [6.45, 7) is 2.25. The molecule has 138 valence electrons. The van der Waals surface area contributed by atoms with E-state index >= 15 is 0 Å². The minimum Gasteiger partial charge on any atom is -0.211 e. The van der Waals surface area contributed by atoms with Crippen LogP contribution in [-0.4, -0.2) is 15.0 Å². The molecule has 0 aliphatic heterocycles. The molecule has 3 aromatic rings. The molecule has 1 N–H and O–H groups in total. The molecule has 6 heteroatoms. The summed E-state index contributed by atoms with van der Waals surface area (Å²) in [5, 5.41) is 6.02. The van der Waals surface area contributed by atoms with Gasteiger partial charge in [0.15, 0.2) is 0 Å². The normalized spacial score (nSPS) is 11.8. The molecule has 0 fully saturated rings. The summed E-state index contributed by atoms with van der Waals surface area (Å²) >= 11 is 3.24. The number of hydrogen-bond acceptors (Lipinski definition) is 4. The van der Waals surface area contributed by atoms with Gasteiger partial charge in [-0.05, 0) is 48.4 Å². The minimum atomic E-state index is -3.49. The predicted molar refractivity (Wildman–Crippen MR) is 114 cm³/mol. The Morgan fingerprint density at radius 3 is 2.63 bits per heavy atom. The van der Waals surface area contributed by atoms with Crippen molar-refractivity contribution in [2.75, 3.05) is 6.54 Å². The number of rotatable bonds is 6. The van der Waals surface area contributed by atoms with E-state index in [2.05, 4.69) is 16.6 Å². The molecule has 0 saturated carbocycles. The number of nitrogens with one attached hydrogen (secondary N) is 1. The van der Waals surface area contributed by atoms with Gasteiger partial charge in [-0.25, -0.2) is 13.1 Å². The smallest absolute Gasteiger partial charge is 0.211 e. The lowest BCUT2D eigenvalue weighted by molar-refractivity contribution is 0.582. The van der Waals surface area contributed by atoms with E-state index in [1.54, 1.807) is 46.9 Å². The molecule has 2 aromatic heterocycles. The van der Waals surface area contributed by atoms with Crippen LogP contribution >= 0.6 is 22.7 Å². The average molecular weight is 414 g/mol. The van der Waals surface area contributed by atoms with Gasteiger partial charge in [-0.15, -0.1) is 11.3 Å². The van der Waals surface area contributed by atoms with Gasteiger partial charge in [-0.2, -0.15) is 11.3 Å². The van der Waals surface area contributed by atoms with Crippen molar-refractivity contribution in [1.82, 2.24) is 4.72 Å². The molecule has 0 unspecified atom stereocenters. The summed E-state index contributed by atoms with van der Waals surface area (Å²) in [5.41, 5.74) is 2.94. The fourth-order valence-corrected chi connectivity index (χ4v) is 4.69. The Morgan fingerprint density at radius 1 is 1.15 bits per heavy atom. The van der Waals surface area contributed by atoms with Crippen LogP contribution in [0.25, 0.3) is 5.57 Å². The summed E-state index contributed by atoms with van der Waals surface area (Å²) in [6.07, 6.45) is 2.56. The van der Waals surface area contributed by atoms with Crippen LogP contribution in [0.15, 0.2) is 69.6 Å². The van der Waals surface area contributed by atoms with Gasteiger partial charge < -0.3 is 0 Å². The Hall–Kier alpha value is -2.17. The van der Waals surface area contributed by atoms with Gasteiger partial charge in [-0.1, -0.05) is 41.7 Å². The first-order valence-corrected chi connectivity index (χ1v) is 11.7. The molecule has 27 heavy (non-hydrogen) atoms. The number of hydrogen-bond donors (Lipinski definition) is 1. The van der Waals surface area contributed by atoms with E-state index < -0.39 is 10.0 Å². The van der Waals surface area contributed by atoms with Crippen LogP contribution in [0.4, 0.5) is 0 Å². The average Bonchev–Trinajstić information content (AvgIpc) is 3.35. The van der Waals surface area contributed by atoms with Crippen LogP contribution in [-0.2, 0) is 10.0 Å². The first-order valence-electron chi connectivity index (χ1n) is 8.39. The van der Waals surface area contributed by atoms with Crippen LogP contribution in [0.1, 0.15) is 22.4 Å². The van der Waals surface area contributed by atoms with Crippen LogP contribution in [0, 0.1) is 18.8 Å². The largest absolute Gasteiger partial charge is 0.240 e. The Kier molecular flexibility index (Phi) is 6.64. The molecule has 0 bridgehead atoms. The first-order chi connectivity index (χ1) is 13.0. The highest BCUT2D eigenvalue weighted by molar-refractivity contribution is 7.89. The fraction of sp³-hybridized carbons (Fsp3) is 0.143. The molecule has 1 aromatic carbocycles. The molecule has 0 saturated heterocycles. The van der Waals surface area contributed by atoms with Crippen molar-refractivity contribution in [1.29, 1.82) is 0 Å². The standard InChI is InChI=1S/C21H19NO2S3/c1-17-6-10-20(11-7-17)27(23,24)22-13-2-4-19(21-5-3-14-26-21)9-8-18-12-15-25-16-18/h3-7,10-12,14-16,22H,2,13H2,1H3/b19-4+. The highest BCUT2D eigenvalue weighted by atomic mass is 32.2. The Labute approximate surface area is 168 Å². The van der Waals surface area contributed by atoms with E-state index in [9.17, 15) is 8.42 Å². The highest BCUT2D eigenvalue weighted by Gasteiger charge is 2.12. The van der Waals surface area contributed by atoms with Crippen LogP contribution in [0.3, 0.4) is 0 Å². The third-order valence-corrected chi connectivity index (χ3v) is 6.83. The second-order valence-electron chi connectivity index (χ2n) is 5.86. The Morgan fingerprint density at radius 2 is 1.96 bits per heavy atom. The Balaban J connectivity index is 1.67. The van der Waals surface area contributed by atoms with Gasteiger partial charge in [0, 0.05) is 27.9 Å². The predicted octanol–water partition coefficient (Wildman–Crippen LogP) is 4.92. The van der Waals surface area contributed by atoms with E-state index in [0.29, 0.717) is 13.0 Å². The molecule has 0 aliphatic carbocycles. The van der Waals surface area contributed by atoms with E-state index in [0.717, 1.165) is 21.6 Å². The van der Waals surface area contributed by atoms with E-state index in [4.69, 9.17) is 0 Å². The molecular formula is C21H19NO2S3. The maximum absolute atomic E-state index is 12.3. The second-order valence-corrected chi connectivity index (χ2v) is 9.35. The zero-order chi connectivity index (χ0) is 19.1. The number of aryl methyl sites for hydroxylation is 1. The fourth-order valence-electron chi connectivity index (χ4n) is 2.33. The van der Waals surface area contributed by atoms with Crippen molar-refractivity contribution >= 4 is 38.3 Å². The van der Waals surface area contributed by atoms with Crippen molar-refractivity contribution in [2.45, 2.75) is 18.2 Å². The van der Waals surface area contributed by atoms with E-state index in [1.165, 1.54) is 0 Å². The molecule has 0 amide bonds. The number of benzene rings is 1. The van der Waals surface area contributed by atoms with E-state index in [-0.39, 0.29) is 4.90 Å². The topological polar surface area (TPSA) is 46.2 Å². The summed E-state index contributed by atoms with van der Waals surface area (Å²) in [7, 11) is -3.49. The first kappa shape index (κ1) is 19.6. The van der Waals surface area contributed by atoms with Gasteiger partial charge in [0.25, 0.3) is 0 Å². The zero-order valence-electron chi connectivity index (χ0n) is 14.8. The molecule has 0 atom stereocenters. The van der Waals surface area contributed by atoms with E-state index in [1.807, 2.05) is 47.3 Å². The monoisotopic (exact) mass is 413 g/mol. The lowest BCUT2D eigenvalue weighted by Crippen LogP contribution is -2.24. The molecule has 3 rings (SSSR count). The van der Waals surface area contributed by atoms with Crippen LogP contribution < -0.4 is 4.72 Å². The summed E-state index contributed by atoms with van der Waals surface area (Å²) in [4.78, 5) is 1.37. The minimum absolute atomic E-state index is 0.285. The Bertz CT molecular complexity index is 1050. The molecule has 0 aliphatic rings. The maximum Gasteiger partial charge on any atom is 0.240 e. The van der Waals surface area contributed by atoms with Gasteiger partial charge in [0.05, 0.1) is 4.90 Å². The highest BCUT2D eigenvalue weighted by Crippen LogP contribution is 2.20. The lowest BCUT2D eigenvalue weighted by Gasteiger charge is -2.06. The number of allylic oxidation sites excluding steroid dienone is 1. The van der Waals surface area contributed by atoms with Gasteiger partial charge in [0.1, 0.15) is 0 Å².